The van der Waals surface area contributed by atoms with Gasteiger partial charge in [-0.05, 0) is 37.5 Å². The number of aliphatic hydroxyl groups excluding tert-OH is 1. The van der Waals surface area contributed by atoms with E-state index < -0.39 is 6.10 Å². The van der Waals surface area contributed by atoms with E-state index in [1.807, 2.05) is 0 Å². The van der Waals surface area contributed by atoms with Gasteiger partial charge in [-0.15, -0.1) is 0 Å². The van der Waals surface area contributed by atoms with Crippen molar-refractivity contribution in [1.82, 2.24) is 0 Å². The molecule has 0 spiro atoms. The van der Waals surface area contributed by atoms with Crippen LogP contribution in [0.5, 0.6) is 0 Å². The molecule has 2 nitrogen and oxygen atoms in total. The zero-order chi connectivity index (χ0) is 10.7. The minimum absolute atomic E-state index is 0.100. The van der Waals surface area contributed by atoms with Crippen molar-refractivity contribution in [3.63, 3.8) is 0 Å². The standard InChI is InChI=1S/C12H22O2/c1-8-4-5-11(9(2)6-8)12(14)7-10(3)13/h8-9,11-12,14H,4-7H2,1-3H3. The average Bonchev–Trinajstić information content (AvgIpc) is 2.01. The highest BCUT2D eigenvalue weighted by atomic mass is 16.3. The Morgan fingerprint density at radius 3 is 2.57 bits per heavy atom. The van der Waals surface area contributed by atoms with Crippen LogP contribution < -0.4 is 0 Å². The van der Waals surface area contributed by atoms with Gasteiger partial charge in [-0.2, -0.15) is 0 Å². The highest BCUT2D eigenvalue weighted by molar-refractivity contribution is 5.75. The number of ketones is 1. The molecule has 1 fully saturated rings. The molecule has 1 N–H and O–H groups in total. The van der Waals surface area contributed by atoms with E-state index in [1.54, 1.807) is 6.92 Å². The topological polar surface area (TPSA) is 37.3 Å². The minimum Gasteiger partial charge on any atom is -0.392 e. The van der Waals surface area contributed by atoms with Gasteiger partial charge in [0.25, 0.3) is 0 Å². The van der Waals surface area contributed by atoms with Crippen molar-refractivity contribution in [2.45, 2.75) is 52.6 Å². The van der Waals surface area contributed by atoms with Gasteiger partial charge in [-0.25, -0.2) is 0 Å². The molecule has 0 saturated heterocycles. The first-order chi connectivity index (χ1) is 6.50. The summed E-state index contributed by atoms with van der Waals surface area (Å²) in [6.45, 7) is 6.02. The summed E-state index contributed by atoms with van der Waals surface area (Å²) in [5.74, 6) is 1.79. The largest absolute Gasteiger partial charge is 0.392 e. The van der Waals surface area contributed by atoms with Gasteiger partial charge in [0.1, 0.15) is 5.78 Å². The van der Waals surface area contributed by atoms with Crippen molar-refractivity contribution < 1.29 is 9.90 Å². The summed E-state index contributed by atoms with van der Waals surface area (Å²) < 4.78 is 0. The van der Waals surface area contributed by atoms with Crippen molar-refractivity contribution >= 4 is 5.78 Å². The number of rotatable bonds is 3. The van der Waals surface area contributed by atoms with Crippen molar-refractivity contribution in [1.29, 1.82) is 0 Å². The van der Waals surface area contributed by atoms with Crippen molar-refractivity contribution in [2.75, 3.05) is 0 Å². The van der Waals surface area contributed by atoms with E-state index in [2.05, 4.69) is 13.8 Å². The maximum absolute atomic E-state index is 10.9. The lowest BCUT2D eigenvalue weighted by molar-refractivity contribution is -0.120. The molecule has 0 aromatic rings. The van der Waals surface area contributed by atoms with E-state index in [9.17, 15) is 9.90 Å². The Balaban J connectivity index is 2.46. The molecular formula is C12H22O2. The lowest BCUT2D eigenvalue weighted by Crippen LogP contribution is -2.32. The summed E-state index contributed by atoms with van der Waals surface area (Å²) in [5.41, 5.74) is 0. The van der Waals surface area contributed by atoms with Gasteiger partial charge in [-0.1, -0.05) is 20.3 Å². The first-order valence-electron chi connectivity index (χ1n) is 5.68. The molecule has 4 unspecified atom stereocenters. The lowest BCUT2D eigenvalue weighted by atomic mass is 9.72. The van der Waals surface area contributed by atoms with E-state index >= 15 is 0 Å². The molecule has 2 heteroatoms. The Kier molecular flexibility index (Phi) is 4.11. The average molecular weight is 198 g/mol. The highest BCUT2D eigenvalue weighted by Crippen LogP contribution is 2.36. The second-order valence-electron chi connectivity index (χ2n) is 5.03. The third-order valence-corrected chi connectivity index (χ3v) is 3.49. The molecule has 1 saturated carbocycles. The molecule has 0 radical (unpaired) electrons. The molecule has 1 aliphatic rings. The predicted octanol–water partition coefficient (Wildman–Crippen LogP) is 2.40. The Labute approximate surface area is 86.7 Å². The van der Waals surface area contributed by atoms with Gasteiger partial charge in [-0.3, -0.25) is 4.79 Å². The summed E-state index contributed by atoms with van der Waals surface area (Å²) in [5, 5.41) is 9.88. The zero-order valence-electron chi connectivity index (χ0n) is 9.49. The third-order valence-electron chi connectivity index (χ3n) is 3.49. The summed E-state index contributed by atoms with van der Waals surface area (Å²) in [7, 11) is 0. The molecule has 0 aromatic carbocycles. The quantitative estimate of drug-likeness (QED) is 0.756. The van der Waals surface area contributed by atoms with E-state index in [0.717, 1.165) is 12.3 Å². The van der Waals surface area contributed by atoms with Crippen LogP contribution in [0.2, 0.25) is 0 Å². The second kappa shape index (κ2) is 4.92. The highest BCUT2D eigenvalue weighted by Gasteiger charge is 2.30. The zero-order valence-corrected chi connectivity index (χ0v) is 9.49. The molecular weight excluding hydrogens is 176 g/mol. The maximum atomic E-state index is 10.9. The van der Waals surface area contributed by atoms with Gasteiger partial charge >= 0.3 is 0 Å². The summed E-state index contributed by atoms with van der Waals surface area (Å²) in [6.07, 6.45) is 3.40. The van der Waals surface area contributed by atoms with E-state index in [0.29, 0.717) is 18.3 Å². The van der Waals surface area contributed by atoms with Gasteiger partial charge in [0.2, 0.25) is 0 Å². The van der Waals surface area contributed by atoms with Gasteiger partial charge in [0.05, 0.1) is 6.10 Å². The van der Waals surface area contributed by atoms with Crippen molar-refractivity contribution in [3.05, 3.63) is 0 Å². The predicted molar refractivity (Wildman–Crippen MR) is 57.0 cm³/mol. The van der Waals surface area contributed by atoms with E-state index in [1.165, 1.54) is 12.8 Å². The summed E-state index contributed by atoms with van der Waals surface area (Å²) in [6, 6.07) is 0. The van der Waals surface area contributed by atoms with Crippen LogP contribution in [0.3, 0.4) is 0 Å². The van der Waals surface area contributed by atoms with Crippen molar-refractivity contribution in [2.24, 2.45) is 17.8 Å². The molecule has 1 aliphatic carbocycles. The van der Waals surface area contributed by atoms with E-state index in [4.69, 9.17) is 0 Å². The van der Waals surface area contributed by atoms with Crippen LogP contribution in [-0.2, 0) is 4.79 Å². The number of carbonyl (C=O) groups excluding carboxylic acids is 1. The fourth-order valence-electron chi connectivity index (χ4n) is 2.71. The summed E-state index contributed by atoms with van der Waals surface area (Å²) in [4.78, 5) is 10.9. The SMILES string of the molecule is CC(=O)CC(O)C1CCC(C)CC1C. The first kappa shape index (κ1) is 11.7. The Bertz CT molecular complexity index is 200. The number of aliphatic hydroxyl groups is 1. The molecule has 82 valence electrons. The fraction of sp³-hybridized carbons (Fsp3) is 0.917. The van der Waals surface area contributed by atoms with Crippen LogP contribution in [0.1, 0.15) is 46.5 Å². The number of carbonyl (C=O) groups is 1. The summed E-state index contributed by atoms with van der Waals surface area (Å²) >= 11 is 0. The fourth-order valence-corrected chi connectivity index (χ4v) is 2.71. The molecule has 1 rings (SSSR count). The van der Waals surface area contributed by atoms with Crippen molar-refractivity contribution in [3.8, 4) is 0 Å². The van der Waals surface area contributed by atoms with Crippen LogP contribution in [0.4, 0.5) is 0 Å². The minimum atomic E-state index is -0.407. The third kappa shape index (κ3) is 3.09. The smallest absolute Gasteiger partial charge is 0.132 e. The van der Waals surface area contributed by atoms with Gasteiger partial charge in [0, 0.05) is 6.42 Å². The van der Waals surface area contributed by atoms with Crippen LogP contribution >= 0.6 is 0 Å². The maximum Gasteiger partial charge on any atom is 0.132 e. The van der Waals surface area contributed by atoms with Crippen LogP contribution in [0.25, 0.3) is 0 Å². The lowest BCUT2D eigenvalue weighted by Gasteiger charge is -2.35. The Morgan fingerprint density at radius 2 is 2.07 bits per heavy atom. The molecule has 0 heterocycles. The number of Topliss-reactive ketones (excluding diaryl/α,β-unsaturated/α-hetero) is 1. The second-order valence-corrected chi connectivity index (χ2v) is 5.03. The van der Waals surface area contributed by atoms with Crippen LogP contribution in [-0.4, -0.2) is 17.0 Å². The first-order valence-corrected chi connectivity index (χ1v) is 5.68. The van der Waals surface area contributed by atoms with Crippen LogP contribution in [0.15, 0.2) is 0 Å². The molecule has 0 aliphatic heterocycles. The normalized spacial score (nSPS) is 35.3. The molecule has 0 aromatic heterocycles. The molecule has 14 heavy (non-hydrogen) atoms. The van der Waals surface area contributed by atoms with Crippen LogP contribution in [0, 0.1) is 17.8 Å². The van der Waals surface area contributed by atoms with Gasteiger partial charge in [0.15, 0.2) is 0 Å². The number of hydrogen-bond donors (Lipinski definition) is 1. The van der Waals surface area contributed by atoms with E-state index in [-0.39, 0.29) is 5.78 Å². The number of hydrogen-bond acceptors (Lipinski definition) is 2. The van der Waals surface area contributed by atoms with Gasteiger partial charge < -0.3 is 5.11 Å². The molecule has 0 amide bonds. The monoisotopic (exact) mass is 198 g/mol. The molecule has 4 atom stereocenters. The Hall–Kier alpha value is -0.370. The Morgan fingerprint density at radius 1 is 1.43 bits per heavy atom. The molecule has 0 bridgehead atoms.